The van der Waals surface area contributed by atoms with Crippen molar-refractivity contribution in [3.05, 3.63) is 25.5 Å². The average molecular weight is 182 g/mol. The zero-order chi connectivity index (χ0) is 8.55. The number of nitrogens with zero attached hydrogens (tertiary/aromatic N) is 2. The third-order valence-electron chi connectivity index (χ3n) is 1.79. The first-order chi connectivity index (χ1) is 5.77. The second-order valence-corrected chi connectivity index (χ2v) is 3.45. The number of rotatable bonds is 1. The highest BCUT2D eigenvalue weighted by atomic mass is 32.1. The van der Waals surface area contributed by atoms with E-state index in [0.717, 1.165) is 9.88 Å². The molecule has 0 aliphatic heterocycles. The normalized spacial score (nSPS) is 20.5. The molecule has 1 atom stereocenters. The van der Waals surface area contributed by atoms with E-state index in [0.29, 0.717) is 6.42 Å². The van der Waals surface area contributed by atoms with Gasteiger partial charge in [0.25, 0.3) is 0 Å². The van der Waals surface area contributed by atoms with Crippen molar-refractivity contribution in [3.8, 4) is 0 Å². The molecule has 12 heavy (non-hydrogen) atoms. The molecule has 0 fully saturated rings. The van der Waals surface area contributed by atoms with Crippen LogP contribution in [0, 0.1) is 10.1 Å². The van der Waals surface area contributed by atoms with Gasteiger partial charge < -0.3 is 0 Å². The Morgan fingerprint density at radius 2 is 2.58 bits per heavy atom. The largest absolute Gasteiger partial charge is 0.264 e. The fourth-order valence-electron chi connectivity index (χ4n) is 1.17. The molecule has 2 rings (SSSR count). The van der Waals surface area contributed by atoms with E-state index in [9.17, 15) is 10.1 Å². The number of nitro groups is 1. The van der Waals surface area contributed by atoms with Gasteiger partial charge in [-0.3, -0.25) is 10.1 Å². The fourth-order valence-corrected chi connectivity index (χ4v) is 1.88. The van der Waals surface area contributed by atoms with E-state index in [2.05, 4.69) is 4.98 Å². The van der Waals surface area contributed by atoms with Crippen LogP contribution in [-0.2, 0) is 0 Å². The Labute approximate surface area is 72.0 Å². The van der Waals surface area contributed by atoms with Gasteiger partial charge in [0.15, 0.2) is 0 Å². The van der Waals surface area contributed by atoms with Gasteiger partial charge >= 0.3 is 0 Å². The maximum atomic E-state index is 10.4. The number of thiazole rings is 1. The van der Waals surface area contributed by atoms with E-state index in [-0.39, 0.29) is 4.92 Å². The average Bonchev–Trinajstić information content (AvgIpc) is 2.49. The molecular formula is C7H6N2O2S. The minimum atomic E-state index is -0.584. The van der Waals surface area contributed by atoms with Crippen LogP contribution in [0.5, 0.6) is 0 Å². The van der Waals surface area contributed by atoms with E-state index in [1.165, 1.54) is 11.3 Å². The van der Waals surface area contributed by atoms with E-state index in [1.54, 1.807) is 11.6 Å². The predicted octanol–water partition coefficient (Wildman–Crippen LogP) is -0.247. The van der Waals surface area contributed by atoms with Gasteiger partial charge in [0.05, 0.1) is 15.4 Å². The van der Waals surface area contributed by atoms with Crippen LogP contribution < -0.4 is 9.88 Å². The molecule has 0 spiro atoms. The molecule has 1 unspecified atom stereocenters. The van der Waals surface area contributed by atoms with Crippen molar-refractivity contribution in [2.45, 2.75) is 12.5 Å². The third kappa shape index (κ3) is 1.12. The highest BCUT2D eigenvalue weighted by Gasteiger charge is 2.17. The number of hydrogen-bond acceptors (Lipinski definition) is 4. The summed E-state index contributed by atoms with van der Waals surface area (Å²) >= 11 is 1.52. The molecule has 1 aromatic rings. The minimum Gasteiger partial charge on any atom is -0.264 e. The molecule has 62 valence electrons. The monoisotopic (exact) mass is 182 g/mol. The summed E-state index contributed by atoms with van der Waals surface area (Å²) in [5, 5.41) is 11.2. The van der Waals surface area contributed by atoms with Crippen LogP contribution in [-0.4, -0.2) is 15.9 Å². The smallest absolute Gasteiger partial charge is 0.237 e. The van der Waals surface area contributed by atoms with Crippen molar-refractivity contribution in [2.24, 2.45) is 0 Å². The molecule has 4 nitrogen and oxygen atoms in total. The Balaban J connectivity index is 2.52. The van der Waals surface area contributed by atoms with Crippen LogP contribution in [0.25, 0.3) is 12.2 Å². The van der Waals surface area contributed by atoms with E-state index >= 15 is 0 Å². The molecule has 5 heteroatoms. The highest BCUT2D eigenvalue weighted by molar-refractivity contribution is 7.07. The summed E-state index contributed by atoms with van der Waals surface area (Å²) in [5.41, 5.74) is 1.71. The zero-order valence-corrected chi connectivity index (χ0v) is 6.95. The van der Waals surface area contributed by atoms with Gasteiger partial charge in [-0.15, -0.1) is 11.3 Å². The first-order valence-corrected chi connectivity index (χ1v) is 4.40. The van der Waals surface area contributed by atoms with Gasteiger partial charge in [0, 0.05) is 17.4 Å². The SMILES string of the molecule is O=[N+]([O-])C1C=c2ncsc2=CC1. The number of hydrogen-bond donors (Lipinski definition) is 0. The standard InChI is InChI=1S/C7H6N2O2S/c10-9(11)5-1-2-7-6(3-5)8-4-12-7/h2-5H,1H2. The van der Waals surface area contributed by atoms with Crippen LogP contribution >= 0.6 is 11.3 Å². The quantitative estimate of drug-likeness (QED) is 0.444. The Morgan fingerprint density at radius 1 is 1.75 bits per heavy atom. The molecule has 0 aromatic carbocycles. The first kappa shape index (κ1) is 7.42. The molecule has 0 saturated carbocycles. The lowest BCUT2D eigenvalue weighted by atomic mass is 10.1. The summed E-state index contributed by atoms with van der Waals surface area (Å²) < 4.78 is 1.05. The third-order valence-corrected chi connectivity index (χ3v) is 2.63. The molecule has 1 aliphatic carbocycles. The van der Waals surface area contributed by atoms with Crippen molar-refractivity contribution < 1.29 is 4.92 Å². The van der Waals surface area contributed by atoms with E-state index in [1.807, 2.05) is 6.08 Å². The molecule has 0 saturated heterocycles. The Hall–Kier alpha value is -1.23. The maximum absolute atomic E-state index is 10.4. The van der Waals surface area contributed by atoms with Crippen LogP contribution in [0.15, 0.2) is 5.51 Å². The van der Waals surface area contributed by atoms with Crippen LogP contribution in [0.3, 0.4) is 0 Å². The minimum absolute atomic E-state index is 0.279. The lowest BCUT2D eigenvalue weighted by Gasteiger charge is -2.02. The lowest BCUT2D eigenvalue weighted by Crippen LogP contribution is -2.31. The van der Waals surface area contributed by atoms with Gasteiger partial charge in [0.1, 0.15) is 0 Å². The van der Waals surface area contributed by atoms with Gasteiger partial charge in [-0.2, -0.15) is 0 Å². The Kier molecular flexibility index (Phi) is 1.65. The molecule has 1 heterocycles. The summed E-state index contributed by atoms with van der Waals surface area (Å²) in [6.45, 7) is 0. The molecule has 0 radical (unpaired) electrons. The number of aromatic nitrogens is 1. The predicted molar refractivity (Wildman–Crippen MR) is 45.7 cm³/mol. The van der Waals surface area contributed by atoms with Gasteiger partial charge in [-0.05, 0) is 0 Å². The van der Waals surface area contributed by atoms with Crippen LogP contribution in [0.1, 0.15) is 6.42 Å². The second kappa shape index (κ2) is 2.67. The first-order valence-electron chi connectivity index (χ1n) is 3.52. The summed E-state index contributed by atoms with van der Waals surface area (Å²) in [5.74, 6) is 0. The summed E-state index contributed by atoms with van der Waals surface area (Å²) in [6, 6.07) is -0.584. The highest BCUT2D eigenvalue weighted by Crippen LogP contribution is 2.02. The van der Waals surface area contributed by atoms with Gasteiger partial charge in [-0.25, -0.2) is 4.98 Å². The summed E-state index contributed by atoms with van der Waals surface area (Å²) in [4.78, 5) is 14.2. The molecule has 0 N–H and O–H groups in total. The van der Waals surface area contributed by atoms with Crippen molar-refractivity contribution in [1.82, 2.24) is 4.98 Å². The van der Waals surface area contributed by atoms with Crippen molar-refractivity contribution in [2.75, 3.05) is 0 Å². The summed E-state index contributed by atoms with van der Waals surface area (Å²) in [7, 11) is 0. The van der Waals surface area contributed by atoms with Crippen LogP contribution in [0.4, 0.5) is 0 Å². The van der Waals surface area contributed by atoms with Crippen molar-refractivity contribution in [3.63, 3.8) is 0 Å². The topological polar surface area (TPSA) is 56.0 Å². The molecule has 0 bridgehead atoms. The lowest BCUT2D eigenvalue weighted by molar-refractivity contribution is -0.503. The molecule has 0 amide bonds. The van der Waals surface area contributed by atoms with Gasteiger partial charge in [-0.1, -0.05) is 6.08 Å². The van der Waals surface area contributed by atoms with Crippen molar-refractivity contribution >= 4 is 23.5 Å². The van der Waals surface area contributed by atoms with Crippen molar-refractivity contribution in [1.29, 1.82) is 0 Å². The molecular weight excluding hydrogens is 176 g/mol. The Bertz CT molecular complexity index is 423. The van der Waals surface area contributed by atoms with Gasteiger partial charge in [0.2, 0.25) is 6.04 Å². The molecule has 1 aromatic heterocycles. The van der Waals surface area contributed by atoms with E-state index in [4.69, 9.17) is 0 Å². The molecule has 1 aliphatic rings. The maximum Gasteiger partial charge on any atom is 0.237 e. The van der Waals surface area contributed by atoms with E-state index < -0.39 is 6.04 Å². The zero-order valence-electron chi connectivity index (χ0n) is 6.14. The number of fused-ring (bicyclic) bond motifs is 1. The summed E-state index contributed by atoms with van der Waals surface area (Å²) in [6.07, 6.45) is 3.98. The fraction of sp³-hybridized carbons (Fsp3) is 0.286. The van der Waals surface area contributed by atoms with Crippen LogP contribution in [0.2, 0.25) is 0 Å². The Morgan fingerprint density at radius 3 is 3.33 bits per heavy atom. The second-order valence-electron chi connectivity index (χ2n) is 2.56.